The molecule has 0 bridgehead atoms. The Bertz CT molecular complexity index is 668. The van der Waals surface area contributed by atoms with Crippen LogP contribution in [0.3, 0.4) is 0 Å². The molecule has 140 valence electrons. The summed E-state index contributed by atoms with van der Waals surface area (Å²) in [5.41, 5.74) is 1.25. The van der Waals surface area contributed by atoms with Gasteiger partial charge in [0.25, 0.3) is 11.8 Å². The summed E-state index contributed by atoms with van der Waals surface area (Å²) in [7, 11) is 0. The fraction of sp³-hybridized carbons (Fsp3) is 0.526. The molecule has 1 aromatic rings. The molecule has 0 spiro atoms. The van der Waals surface area contributed by atoms with Crippen molar-refractivity contribution in [1.82, 2.24) is 9.80 Å². The number of nitrogens with zero attached hydrogens (tertiary/aromatic N) is 2. The molecule has 1 atom stereocenters. The maximum absolute atomic E-state index is 12.7. The van der Waals surface area contributed by atoms with Crippen molar-refractivity contribution in [2.45, 2.75) is 32.3 Å². The summed E-state index contributed by atoms with van der Waals surface area (Å²) in [5, 5.41) is 2.69. The number of nitrogens with one attached hydrogen (secondary N) is 1. The normalized spacial score (nSPS) is 20.6. The highest BCUT2D eigenvalue weighted by Crippen LogP contribution is 2.17. The maximum atomic E-state index is 12.7. The summed E-state index contributed by atoms with van der Waals surface area (Å²) >= 11 is 0. The highest BCUT2D eigenvalue weighted by Gasteiger charge is 2.30. The Kier molecular flexibility index (Phi) is 5.88. The Morgan fingerprint density at radius 2 is 1.69 bits per heavy atom. The van der Waals surface area contributed by atoms with Crippen LogP contribution in [0.25, 0.3) is 0 Å². The van der Waals surface area contributed by atoms with Gasteiger partial charge in [-0.05, 0) is 43.5 Å². The lowest BCUT2D eigenvalue weighted by molar-refractivity contribution is -0.140. The minimum Gasteiger partial charge on any atom is -0.368 e. The van der Waals surface area contributed by atoms with Crippen molar-refractivity contribution in [2.75, 3.05) is 38.1 Å². The average Bonchev–Trinajstić information content (AvgIpc) is 3.05. The third kappa shape index (κ3) is 4.40. The van der Waals surface area contributed by atoms with E-state index < -0.39 is 0 Å². The van der Waals surface area contributed by atoms with Gasteiger partial charge in [0.15, 0.2) is 0 Å². The summed E-state index contributed by atoms with van der Waals surface area (Å²) in [4.78, 5) is 39.9. The molecule has 26 heavy (non-hydrogen) atoms. The van der Waals surface area contributed by atoms with Gasteiger partial charge in [-0.1, -0.05) is 0 Å². The van der Waals surface area contributed by atoms with Crippen LogP contribution in [0.5, 0.6) is 0 Å². The van der Waals surface area contributed by atoms with E-state index in [2.05, 4.69) is 5.32 Å². The molecule has 2 fully saturated rings. The molecule has 3 amide bonds. The number of carbonyl (C=O) groups excluding carboxylic acids is 3. The molecular formula is C19H25N3O4. The quantitative estimate of drug-likeness (QED) is 0.887. The second-order valence-electron chi connectivity index (χ2n) is 6.73. The molecule has 1 aromatic carbocycles. The summed E-state index contributed by atoms with van der Waals surface area (Å²) in [6.07, 6.45) is 2.18. The molecule has 7 heteroatoms. The van der Waals surface area contributed by atoms with E-state index in [0.29, 0.717) is 44.0 Å². The van der Waals surface area contributed by atoms with E-state index in [0.717, 1.165) is 19.3 Å². The molecule has 2 saturated heterocycles. The number of carbonyl (C=O) groups is 3. The minimum atomic E-state index is -0.307. The number of ether oxygens (including phenoxy) is 1. The zero-order chi connectivity index (χ0) is 18.5. The Morgan fingerprint density at radius 3 is 2.35 bits per heavy atom. The van der Waals surface area contributed by atoms with Gasteiger partial charge in [-0.15, -0.1) is 0 Å². The van der Waals surface area contributed by atoms with Crippen LogP contribution in [0.1, 0.15) is 36.5 Å². The maximum Gasteiger partial charge on any atom is 0.253 e. The lowest BCUT2D eigenvalue weighted by atomic mass is 10.1. The molecule has 0 radical (unpaired) electrons. The molecular weight excluding hydrogens is 334 g/mol. The molecule has 3 rings (SSSR count). The second-order valence-corrected chi connectivity index (χ2v) is 6.73. The molecule has 2 aliphatic heterocycles. The highest BCUT2D eigenvalue weighted by atomic mass is 16.5. The first kappa shape index (κ1) is 18.4. The summed E-state index contributed by atoms with van der Waals surface area (Å²) in [6.45, 7) is 4.44. The second kappa shape index (κ2) is 8.31. The molecule has 7 nitrogen and oxygen atoms in total. The lowest BCUT2D eigenvalue weighted by Crippen LogP contribution is -2.41. The van der Waals surface area contributed by atoms with Crippen LogP contribution >= 0.6 is 0 Å². The van der Waals surface area contributed by atoms with Gasteiger partial charge >= 0.3 is 0 Å². The molecule has 1 N–H and O–H groups in total. The van der Waals surface area contributed by atoms with Crippen LogP contribution in [-0.4, -0.2) is 66.4 Å². The minimum absolute atomic E-state index is 0.0502. The van der Waals surface area contributed by atoms with E-state index in [1.165, 1.54) is 6.92 Å². The van der Waals surface area contributed by atoms with Crippen LogP contribution in [0.15, 0.2) is 24.3 Å². The zero-order valence-corrected chi connectivity index (χ0v) is 15.1. The van der Waals surface area contributed by atoms with Gasteiger partial charge in [-0.3, -0.25) is 14.4 Å². The van der Waals surface area contributed by atoms with Crippen molar-refractivity contribution < 1.29 is 19.1 Å². The zero-order valence-electron chi connectivity index (χ0n) is 15.1. The summed E-state index contributed by atoms with van der Waals surface area (Å²) in [6, 6.07) is 6.88. The number of rotatable bonds is 3. The number of benzene rings is 1. The van der Waals surface area contributed by atoms with E-state index in [1.54, 1.807) is 29.2 Å². The van der Waals surface area contributed by atoms with Crippen LogP contribution in [-0.2, 0) is 14.3 Å². The fourth-order valence-electron chi connectivity index (χ4n) is 3.40. The predicted molar refractivity (Wildman–Crippen MR) is 96.8 cm³/mol. The molecule has 0 aliphatic carbocycles. The first-order valence-corrected chi connectivity index (χ1v) is 9.12. The smallest absolute Gasteiger partial charge is 0.253 e. The Hall–Kier alpha value is -2.41. The van der Waals surface area contributed by atoms with Crippen molar-refractivity contribution in [3.05, 3.63) is 29.8 Å². The highest BCUT2D eigenvalue weighted by molar-refractivity contribution is 5.95. The van der Waals surface area contributed by atoms with Gasteiger partial charge in [-0.2, -0.15) is 0 Å². The molecule has 0 aromatic heterocycles. The summed E-state index contributed by atoms with van der Waals surface area (Å²) < 4.78 is 5.49. The average molecular weight is 359 g/mol. The van der Waals surface area contributed by atoms with Gasteiger partial charge in [0.1, 0.15) is 6.10 Å². The molecule has 1 unspecified atom stereocenters. The van der Waals surface area contributed by atoms with Crippen LogP contribution in [0.2, 0.25) is 0 Å². The molecule has 0 saturated carbocycles. The third-order valence-electron chi connectivity index (χ3n) is 4.75. The van der Waals surface area contributed by atoms with Crippen LogP contribution in [0.4, 0.5) is 5.69 Å². The number of hydrogen-bond acceptors (Lipinski definition) is 4. The van der Waals surface area contributed by atoms with Crippen molar-refractivity contribution in [1.29, 1.82) is 0 Å². The summed E-state index contributed by atoms with van der Waals surface area (Å²) in [5.74, 6) is -0.144. The Morgan fingerprint density at radius 1 is 1.00 bits per heavy atom. The van der Waals surface area contributed by atoms with E-state index >= 15 is 0 Å². The molecule has 2 aliphatic rings. The first-order valence-electron chi connectivity index (χ1n) is 9.12. The number of amides is 3. The van der Waals surface area contributed by atoms with E-state index in [9.17, 15) is 14.4 Å². The number of anilines is 1. The van der Waals surface area contributed by atoms with Crippen molar-refractivity contribution >= 4 is 23.4 Å². The largest absolute Gasteiger partial charge is 0.368 e. The predicted octanol–water partition coefficient (Wildman–Crippen LogP) is 1.50. The third-order valence-corrected chi connectivity index (χ3v) is 4.75. The van der Waals surface area contributed by atoms with E-state index in [1.807, 2.05) is 4.90 Å². The molecule has 2 heterocycles. The van der Waals surface area contributed by atoms with Gasteiger partial charge < -0.3 is 19.9 Å². The van der Waals surface area contributed by atoms with Gasteiger partial charge in [0, 0.05) is 51.0 Å². The monoisotopic (exact) mass is 359 g/mol. The fourth-order valence-corrected chi connectivity index (χ4v) is 3.40. The van der Waals surface area contributed by atoms with Crippen molar-refractivity contribution in [3.63, 3.8) is 0 Å². The standard InChI is InChI=1S/C19H25N3O4/c1-14(23)20-16-7-5-15(6-8-16)18(24)21-9-3-10-22(12-11-21)19(25)17-4-2-13-26-17/h5-8,17H,2-4,9-13H2,1H3,(H,20,23). The van der Waals surface area contributed by atoms with Crippen LogP contribution in [0, 0.1) is 0 Å². The first-order chi connectivity index (χ1) is 12.5. The van der Waals surface area contributed by atoms with Gasteiger partial charge in [0.2, 0.25) is 5.91 Å². The lowest BCUT2D eigenvalue weighted by Gasteiger charge is -2.24. The topological polar surface area (TPSA) is 79.0 Å². The van der Waals surface area contributed by atoms with Crippen LogP contribution < -0.4 is 5.32 Å². The van der Waals surface area contributed by atoms with E-state index in [-0.39, 0.29) is 23.8 Å². The van der Waals surface area contributed by atoms with E-state index in [4.69, 9.17) is 4.74 Å². The van der Waals surface area contributed by atoms with Crippen molar-refractivity contribution in [3.8, 4) is 0 Å². The Balaban J connectivity index is 1.58. The van der Waals surface area contributed by atoms with Crippen molar-refractivity contribution in [2.24, 2.45) is 0 Å². The van der Waals surface area contributed by atoms with Gasteiger partial charge in [0.05, 0.1) is 0 Å². The SMILES string of the molecule is CC(=O)Nc1ccc(C(=O)N2CCCN(C(=O)C3CCCO3)CC2)cc1. The van der Waals surface area contributed by atoms with Gasteiger partial charge in [-0.25, -0.2) is 0 Å². The number of hydrogen-bond donors (Lipinski definition) is 1. The Labute approximate surface area is 153 Å².